The molecule has 0 aromatic heterocycles. The van der Waals surface area contributed by atoms with Gasteiger partial charge in [0, 0.05) is 44.6 Å². The lowest BCUT2D eigenvalue weighted by molar-refractivity contribution is -0.148. The molecule has 10 nitrogen and oxygen atoms in total. The lowest BCUT2D eigenvalue weighted by Crippen LogP contribution is -2.57. The molecule has 3 N–H and O–H groups in total. The molecule has 1 aliphatic heterocycles. The van der Waals surface area contributed by atoms with Gasteiger partial charge in [0.15, 0.2) is 0 Å². The van der Waals surface area contributed by atoms with Crippen LogP contribution in [0.25, 0.3) is 0 Å². The van der Waals surface area contributed by atoms with Crippen molar-refractivity contribution in [3.8, 4) is 0 Å². The Hall–Kier alpha value is -2.98. The molecule has 1 fully saturated rings. The standard InChI is InChI=1S/C22H32N4O6/c1-3-12-32-20(28)14-18-22(30)24-10-11-26(18)15-19(27)25-17-7-5-16(6-8-17)21(29)23-9-4-13-31-2/h5-8,18H,3-4,9-15H2,1-2H3,(H,23,29)(H,24,30)(H,25,27). The molecule has 0 bridgehead atoms. The first-order valence-electron chi connectivity index (χ1n) is 10.8. The molecule has 1 aromatic rings. The van der Waals surface area contributed by atoms with Crippen molar-refractivity contribution in [1.29, 1.82) is 0 Å². The molecule has 176 valence electrons. The molecule has 1 saturated heterocycles. The summed E-state index contributed by atoms with van der Waals surface area (Å²) in [5.74, 6) is -1.27. The fraction of sp³-hybridized carbons (Fsp3) is 0.545. The van der Waals surface area contributed by atoms with Crippen LogP contribution in [0.4, 0.5) is 5.69 Å². The third kappa shape index (κ3) is 8.27. The maximum absolute atomic E-state index is 12.5. The van der Waals surface area contributed by atoms with Crippen LogP contribution in [-0.4, -0.2) is 81.1 Å². The average molecular weight is 449 g/mol. The van der Waals surface area contributed by atoms with Crippen molar-refractivity contribution in [3.05, 3.63) is 29.8 Å². The van der Waals surface area contributed by atoms with Gasteiger partial charge in [0.1, 0.15) is 6.04 Å². The van der Waals surface area contributed by atoms with Crippen molar-refractivity contribution in [2.24, 2.45) is 0 Å². The summed E-state index contributed by atoms with van der Waals surface area (Å²) in [6.07, 6.45) is 1.32. The number of benzene rings is 1. The van der Waals surface area contributed by atoms with Gasteiger partial charge in [0.2, 0.25) is 11.8 Å². The molecule has 1 aromatic carbocycles. The Morgan fingerprint density at radius 1 is 1.19 bits per heavy atom. The smallest absolute Gasteiger partial charge is 0.307 e. The van der Waals surface area contributed by atoms with E-state index in [1.54, 1.807) is 36.3 Å². The Morgan fingerprint density at radius 2 is 1.94 bits per heavy atom. The zero-order valence-corrected chi connectivity index (χ0v) is 18.6. The van der Waals surface area contributed by atoms with Crippen LogP contribution >= 0.6 is 0 Å². The minimum atomic E-state index is -0.747. The van der Waals surface area contributed by atoms with Crippen LogP contribution < -0.4 is 16.0 Å². The average Bonchev–Trinajstić information content (AvgIpc) is 2.78. The van der Waals surface area contributed by atoms with Gasteiger partial charge in [0.25, 0.3) is 5.91 Å². The number of amides is 3. The molecule has 1 atom stereocenters. The second-order valence-electron chi connectivity index (χ2n) is 7.43. The summed E-state index contributed by atoms with van der Waals surface area (Å²) in [6.45, 7) is 4.09. The molecule has 3 amide bonds. The van der Waals surface area contributed by atoms with Gasteiger partial charge in [-0.1, -0.05) is 6.92 Å². The molecule has 0 spiro atoms. The second kappa shape index (κ2) is 13.4. The summed E-state index contributed by atoms with van der Waals surface area (Å²) in [7, 11) is 1.61. The molecule has 0 aliphatic carbocycles. The highest BCUT2D eigenvalue weighted by Crippen LogP contribution is 2.13. The van der Waals surface area contributed by atoms with E-state index >= 15 is 0 Å². The zero-order valence-electron chi connectivity index (χ0n) is 18.6. The highest BCUT2D eigenvalue weighted by molar-refractivity contribution is 5.96. The Kier molecular flexibility index (Phi) is 10.6. The lowest BCUT2D eigenvalue weighted by atomic mass is 10.1. The predicted molar refractivity (Wildman–Crippen MR) is 118 cm³/mol. The third-order valence-electron chi connectivity index (χ3n) is 4.86. The number of ether oxygens (including phenoxy) is 2. The summed E-state index contributed by atoms with van der Waals surface area (Å²) >= 11 is 0. The van der Waals surface area contributed by atoms with Gasteiger partial charge < -0.3 is 25.4 Å². The summed E-state index contributed by atoms with van der Waals surface area (Å²) in [5, 5.41) is 8.28. The van der Waals surface area contributed by atoms with E-state index in [2.05, 4.69) is 16.0 Å². The summed E-state index contributed by atoms with van der Waals surface area (Å²) in [4.78, 5) is 50.5. The Labute approximate surface area is 188 Å². The first kappa shape index (κ1) is 25.3. The number of methoxy groups -OCH3 is 1. The number of carbonyl (C=O) groups excluding carboxylic acids is 4. The highest BCUT2D eigenvalue weighted by Gasteiger charge is 2.33. The van der Waals surface area contributed by atoms with Crippen LogP contribution in [0, 0.1) is 0 Å². The molecule has 1 unspecified atom stereocenters. The van der Waals surface area contributed by atoms with Crippen LogP contribution in [-0.2, 0) is 23.9 Å². The van der Waals surface area contributed by atoms with Crippen molar-refractivity contribution in [2.75, 3.05) is 51.8 Å². The van der Waals surface area contributed by atoms with Crippen LogP contribution in [0.15, 0.2) is 24.3 Å². The number of esters is 1. The van der Waals surface area contributed by atoms with Crippen molar-refractivity contribution in [1.82, 2.24) is 15.5 Å². The molecular formula is C22H32N4O6. The first-order chi connectivity index (χ1) is 15.4. The van der Waals surface area contributed by atoms with Crippen molar-refractivity contribution < 1.29 is 28.7 Å². The minimum Gasteiger partial charge on any atom is -0.466 e. The second-order valence-corrected chi connectivity index (χ2v) is 7.43. The number of nitrogens with one attached hydrogen (secondary N) is 3. The van der Waals surface area contributed by atoms with E-state index in [0.717, 1.165) is 6.42 Å². The lowest BCUT2D eigenvalue weighted by Gasteiger charge is -2.33. The van der Waals surface area contributed by atoms with E-state index in [-0.39, 0.29) is 30.7 Å². The van der Waals surface area contributed by atoms with E-state index in [4.69, 9.17) is 9.47 Å². The number of piperazine rings is 1. The molecule has 32 heavy (non-hydrogen) atoms. The van der Waals surface area contributed by atoms with Gasteiger partial charge in [-0.25, -0.2) is 0 Å². The molecule has 1 heterocycles. The van der Waals surface area contributed by atoms with E-state index in [9.17, 15) is 19.2 Å². The largest absolute Gasteiger partial charge is 0.466 e. The summed E-state index contributed by atoms with van der Waals surface area (Å²) in [5.41, 5.74) is 1.02. The quantitative estimate of drug-likeness (QED) is 0.315. The Balaban J connectivity index is 1.87. The SMILES string of the molecule is CCCOC(=O)CC1C(=O)NCCN1CC(=O)Nc1ccc(C(=O)NCCCOC)cc1. The van der Waals surface area contributed by atoms with Crippen molar-refractivity contribution >= 4 is 29.4 Å². The third-order valence-corrected chi connectivity index (χ3v) is 4.86. The van der Waals surface area contributed by atoms with Gasteiger partial charge in [-0.2, -0.15) is 0 Å². The van der Waals surface area contributed by atoms with Gasteiger partial charge in [-0.3, -0.25) is 24.1 Å². The number of hydrogen-bond donors (Lipinski definition) is 3. The van der Waals surface area contributed by atoms with Gasteiger partial charge >= 0.3 is 5.97 Å². The minimum absolute atomic E-state index is 0.0408. The summed E-state index contributed by atoms with van der Waals surface area (Å²) in [6, 6.07) is 5.79. The number of hydrogen-bond acceptors (Lipinski definition) is 7. The van der Waals surface area contributed by atoms with Crippen LogP contribution in [0.2, 0.25) is 0 Å². The van der Waals surface area contributed by atoms with E-state index < -0.39 is 12.0 Å². The van der Waals surface area contributed by atoms with E-state index in [1.807, 2.05) is 6.92 Å². The van der Waals surface area contributed by atoms with Gasteiger partial charge in [-0.05, 0) is 37.1 Å². The van der Waals surface area contributed by atoms with E-state index in [0.29, 0.717) is 50.5 Å². The van der Waals surface area contributed by atoms with E-state index in [1.165, 1.54) is 0 Å². The van der Waals surface area contributed by atoms with Gasteiger partial charge in [0.05, 0.1) is 19.6 Å². The van der Waals surface area contributed by atoms with Gasteiger partial charge in [-0.15, -0.1) is 0 Å². The normalized spacial score (nSPS) is 16.2. The molecule has 0 saturated carbocycles. The monoisotopic (exact) mass is 448 g/mol. The van der Waals surface area contributed by atoms with Crippen LogP contribution in [0.5, 0.6) is 0 Å². The fourth-order valence-electron chi connectivity index (χ4n) is 3.22. The first-order valence-corrected chi connectivity index (χ1v) is 10.8. The molecule has 1 aliphatic rings. The molecule has 2 rings (SSSR count). The molecular weight excluding hydrogens is 416 g/mol. The fourth-order valence-corrected chi connectivity index (χ4v) is 3.22. The number of carbonyl (C=O) groups is 4. The van der Waals surface area contributed by atoms with Crippen LogP contribution in [0.3, 0.4) is 0 Å². The molecule has 0 radical (unpaired) electrons. The topological polar surface area (TPSA) is 126 Å². The Bertz CT molecular complexity index is 783. The predicted octanol–water partition coefficient (Wildman–Crippen LogP) is 0.535. The summed E-state index contributed by atoms with van der Waals surface area (Å²) < 4.78 is 10.0. The number of anilines is 1. The molecule has 10 heteroatoms. The Morgan fingerprint density at radius 3 is 2.62 bits per heavy atom. The maximum Gasteiger partial charge on any atom is 0.307 e. The maximum atomic E-state index is 12.5. The van der Waals surface area contributed by atoms with Crippen LogP contribution in [0.1, 0.15) is 36.5 Å². The highest BCUT2D eigenvalue weighted by atomic mass is 16.5. The number of nitrogens with zero attached hydrogens (tertiary/aromatic N) is 1. The van der Waals surface area contributed by atoms with Crippen molar-refractivity contribution in [3.63, 3.8) is 0 Å². The number of rotatable bonds is 12. The zero-order chi connectivity index (χ0) is 23.3. The van der Waals surface area contributed by atoms with Crippen molar-refractivity contribution in [2.45, 2.75) is 32.2 Å².